The second kappa shape index (κ2) is 5.27. The van der Waals surface area contributed by atoms with E-state index in [1.807, 2.05) is 12.1 Å². The predicted octanol–water partition coefficient (Wildman–Crippen LogP) is 1.42. The first-order valence-corrected chi connectivity index (χ1v) is 6.16. The summed E-state index contributed by atoms with van der Waals surface area (Å²) >= 11 is 0. The summed E-state index contributed by atoms with van der Waals surface area (Å²) in [5.74, 6) is 0.912. The Hall–Kier alpha value is -1.42. The molecule has 2 N–H and O–H groups in total. The van der Waals surface area contributed by atoms with E-state index in [0.29, 0.717) is 0 Å². The fourth-order valence-corrected chi connectivity index (χ4v) is 1.98. The van der Waals surface area contributed by atoms with Gasteiger partial charge in [0.15, 0.2) is 0 Å². The highest BCUT2D eigenvalue weighted by molar-refractivity contribution is 5.65. The molecule has 1 aliphatic heterocycles. The largest absolute Gasteiger partial charge is 0.489 e. The van der Waals surface area contributed by atoms with Crippen LogP contribution in [0.4, 0.5) is 11.4 Å². The van der Waals surface area contributed by atoms with Crippen LogP contribution in [0.1, 0.15) is 6.92 Å². The lowest BCUT2D eigenvalue weighted by molar-refractivity contribution is 0.298. The summed E-state index contributed by atoms with van der Waals surface area (Å²) in [5.41, 5.74) is 7.69. The topological polar surface area (TPSA) is 41.7 Å². The van der Waals surface area contributed by atoms with Crippen molar-refractivity contribution in [3.63, 3.8) is 0 Å². The highest BCUT2D eigenvalue weighted by atomic mass is 16.5. The maximum absolute atomic E-state index is 5.76. The number of anilines is 2. The first kappa shape index (κ1) is 12.0. The lowest BCUT2D eigenvalue weighted by Gasteiger charge is -2.32. The Bertz CT molecular complexity index is 381. The molecular weight excluding hydrogens is 214 g/mol. The number of nitrogens with two attached hydrogens (primary N) is 1. The van der Waals surface area contributed by atoms with Crippen molar-refractivity contribution in [3.8, 4) is 5.75 Å². The summed E-state index contributed by atoms with van der Waals surface area (Å²) in [5, 5.41) is 0. The average Bonchev–Trinajstić information content (AvgIpc) is 2.35. The number of nitrogens with zero attached hydrogens (tertiary/aromatic N) is 2. The molecule has 2 rings (SSSR count). The summed E-state index contributed by atoms with van der Waals surface area (Å²) in [7, 11) is 2.14. The maximum Gasteiger partial charge on any atom is 0.144 e. The highest BCUT2D eigenvalue weighted by Gasteiger charge is 2.17. The number of hydrogen-bond acceptors (Lipinski definition) is 4. The van der Waals surface area contributed by atoms with Crippen LogP contribution >= 0.6 is 0 Å². The normalized spacial score (nSPS) is 14.6. The molecule has 0 unspecified atom stereocenters. The molecule has 0 radical (unpaired) electrons. The molecule has 0 fully saturated rings. The molecule has 0 saturated heterocycles. The third-order valence-corrected chi connectivity index (χ3v) is 3.23. The van der Waals surface area contributed by atoms with Crippen molar-refractivity contribution < 1.29 is 4.74 Å². The van der Waals surface area contributed by atoms with Crippen LogP contribution in [0.15, 0.2) is 18.2 Å². The number of rotatable bonds is 4. The third kappa shape index (κ3) is 2.82. The molecule has 94 valence electrons. The SMILES string of the molecule is CCN(C)CCN1CCOc2cc(N)ccc21. The van der Waals surface area contributed by atoms with Crippen molar-refractivity contribution in [2.24, 2.45) is 0 Å². The van der Waals surface area contributed by atoms with E-state index in [-0.39, 0.29) is 0 Å². The summed E-state index contributed by atoms with van der Waals surface area (Å²) < 4.78 is 5.63. The molecule has 0 bridgehead atoms. The third-order valence-electron chi connectivity index (χ3n) is 3.23. The van der Waals surface area contributed by atoms with Crippen molar-refractivity contribution in [1.29, 1.82) is 0 Å². The van der Waals surface area contributed by atoms with E-state index in [0.717, 1.165) is 49.9 Å². The van der Waals surface area contributed by atoms with Crippen LogP contribution in [0.25, 0.3) is 0 Å². The summed E-state index contributed by atoms with van der Waals surface area (Å²) in [6.45, 7) is 7.05. The van der Waals surface area contributed by atoms with Crippen LogP contribution in [-0.2, 0) is 0 Å². The minimum atomic E-state index is 0.742. The van der Waals surface area contributed by atoms with Crippen LogP contribution in [0.2, 0.25) is 0 Å². The van der Waals surface area contributed by atoms with Gasteiger partial charge in [0.1, 0.15) is 12.4 Å². The van der Waals surface area contributed by atoms with Gasteiger partial charge in [-0.05, 0) is 25.7 Å². The van der Waals surface area contributed by atoms with Gasteiger partial charge in [0.2, 0.25) is 0 Å². The molecule has 1 aliphatic rings. The highest BCUT2D eigenvalue weighted by Crippen LogP contribution is 2.32. The Balaban J connectivity index is 2.06. The van der Waals surface area contributed by atoms with Crippen LogP contribution in [0, 0.1) is 0 Å². The van der Waals surface area contributed by atoms with Gasteiger partial charge in [-0.1, -0.05) is 6.92 Å². The second-order valence-corrected chi connectivity index (χ2v) is 4.46. The van der Waals surface area contributed by atoms with Gasteiger partial charge in [0, 0.05) is 24.8 Å². The molecule has 0 saturated carbocycles. The minimum Gasteiger partial charge on any atom is -0.489 e. The van der Waals surface area contributed by atoms with E-state index < -0.39 is 0 Å². The fraction of sp³-hybridized carbons (Fsp3) is 0.538. The molecule has 1 heterocycles. The van der Waals surface area contributed by atoms with Gasteiger partial charge in [-0.3, -0.25) is 0 Å². The first-order chi connectivity index (χ1) is 8.20. The van der Waals surface area contributed by atoms with Crippen molar-refractivity contribution in [3.05, 3.63) is 18.2 Å². The smallest absolute Gasteiger partial charge is 0.144 e. The van der Waals surface area contributed by atoms with E-state index in [1.165, 1.54) is 0 Å². The quantitative estimate of drug-likeness (QED) is 0.801. The predicted molar refractivity (Wildman–Crippen MR) is 71.7 cm³/mol. The number of nitrogen functional groups attached to an aromatic ring is 1. The Morgan fingerprint density at radius 1 is 1.47 bits per heavy atom. The minimum absolute atomic E-state index is 0.742. The Morgan fingerprint density at radius 3 is 3.06 bits per heavy atom. The number of fused-ring (bicyclic) bond motifs is 1. The van der Waals surface area contributed by atoms with Crippen molar-refractivity contribution >= 4 is 11.4 Å². The van der Waals surface area contributed by atoms with Crippen LogP contribution in [-0.4, -0.2) is 44.7 Å². The van der Waals surface area contributed by atoms with Gasteiger partial charge in [0.25, 0.3) is 0 Å². The summed E-state index contributed by atoms with van der Waals surface area (Å²) in [4.78, 5) is 4.68. The Morgan fingerprint density at radius 2 is 2.29 bits per heavy atom. The monoisotopic (exact) mass is 235 g/mol. The zero-order valence-electron chi connectivity index (χ0n) is 10.6. The van der Waals surface area contributed by atoms with Gasteiger partial charge in [0.05, 0.1) is 12.2 Å². The number of likely N-dealkylation sites (N-methyl/N-ethyl adjacent to an activating group) is 1. The molecule has 0 amide bonds. The molecule has 4 nitrogen and oxygen atoms in total. The van der Waals surface area contributed by atoms with Crippen molar-refractivity contribution in [2.75, 3.05) is 50.5 Å². The van der Waals surface area contributed by atoms with Gasteiger partial charge < -0.3 is 20.3 Å². The molecule has 1 aromatic rings. The number of hydrogen-bond donors (Lipinski definition) is 1. The number of ether oxygens (including phenoxy) is 1. The maximum atomic E-state index is 5.76. The van der Waals surface area contributed by atoms with E-state index >= 15 is 0 Å². The van der Waals surface area contributed by atoms with Gasteiger partial charge in [-0.2, -0.15) is 0 Å². The van der Waals surface area contributed by atoms with Gasteiger partial charge in [-0.25, -0.2) is 0 Å². The Labute approximate surface area is 103 Å². The zero-order valence-corrected chi connectivity index (χ0v) is 10.6. The summed E-state index contributed by atoms with van der Waals surface area (Å²) in [6.07, 6.45) is 0. The fourth-order valence-electron chi connectivity index (χ4n) is 1.98. The Kier molecular flexibility index (Phi) is 3.74. The van der Waals surface area contributed by atoms with Crippen molar-refractivity contribution in [1.82, 2.24) is 4.90 Å². The molecule has 1 aromatic carbocycles. The van der Waals surface area contributed by atoms with Crippen LogP contribution < -0.4 is 15.4 Å². The lowest BCUT2D eigenvalue weighted by Crippen LogP contribution is -2.38. The van der Waals surface area contributed by atoms with Gasteiger partial charge in [-0.15, -0.1) is 0 Å². The number of benzene rings is 1. The van der Waals surface area contributed by atoms with Crippen molar-refractivity contribution in [2.45, 2.75) is 6.92 Å². The van der Waals surface area contributed by atoms with Crippen LogP contribution in [0.3, 0.4) is 0 Å². The van der Waals surface area contributed by atoms with E-state index in [9.17, 15) is 0 Å². The molecular formula is C13H21N3O. The molecule has 4 heteroatoms. The van der Waals surface area contributed by atoms with E-state index in [1.54, 1.807) is 0 Å². The molecule has 0 aliphatic carbocycles. The lowest BCUT2D eigenvalue weighted by atomic mass is 10.2. The van der Waals surface area contributed by atoms with E-state index in [4.69, 9.17) is 10.5 Å². The molecule has 0 atom stereocenters. The second-order valence-electron chi connectivity index (χ2n) is 4.46. The first-order valence-electron chi connectivity index (χ1n) is 6.16. The standard InChI is InChI=1S/C13H21N3O/c1-3-15(2)6-7-16-8-9-17-13-10-11(14)4-5-12(13)16/h4-5,10H,3,6-9,14H2,1-2H3. The van der Waals surface area contributed by atoms with Gasteiger partial charge >= 0.3 is 0 Å². The summed E-state index contributed by atoms with van der Waals surface area (Å²) in [6, 6.07) is 5.89. The average molecular weight is 235 g/mol. The zero-order chi connectivity index (χ0) is 12.3. The molecule has 17 heavy (non-hydrogen) atoms. The van der Waals surface area contributed by atoms with Crippen LogP contribution in [0.5, 0.6) is 5.75 Å². The van der Waals surface area contributed by atoms with E-state index in [2.05, 4.69) is 29.8 Å². The molecule has 0 spiro atoms. The molecule has 0 aromatic heterocycles.